The van der Waals surface area contributed by atoms with Crippen molar-refractivity contribution in [1.29, 1.82) is 0 Å². The van der Waals surface area contributed by atoms with Crippen molar-refractivity contribution in [2.45, 2.75) is 25.3 Å². The van der Waals surface area contributed by atoms with Crippen molar-refractivity contribution in [2.24, 2.45) is 0 Å². The first-order valence-corrected chi connectivity index (χ1v) is 6.11. The van der Waals surface area contributed by atoms with Gasteiger partial charge >= 0.3 is 0 Å². The minimum Gasteiger partial charge on any atom is -0.309 e. The summed E-state index contributed by atoms with van der Waals surface area (Å²) in [6, 6.07) is 8.75. The molecule has 1 aromatic carbocycles. The van der Waals surface area contributed by atoms with Gasteiger partial charge in [-0.1, -0.05) is 24.3 Å². The van der Waals surface area contributed by atoms with Crippen molar-refractivity contribution < 1.29 is 0 Å². The van der Waals surface area contributed by atoms with Crippen LogP contribution in [0.3, 0.4) is 0 Å². The smallest absolute Gasteiger partial charge is 0.0564 e. The zero-order valence-electron chi connectivity index (χ0n) is 10.6. The van der Waals surface area contributed by atoms with Crippen molar-refractivity contribution in [1.82, 2.24) is 10.2 Å². The maximum atomic E-state index is 3.56. The van der Waals surface area contributed by atoms with Crippen molar-refractivity contribution in [3.05, 3.63) is 35.4 Å². The highest BCUT2D eigenvalue weighted by Crippen LogP contribution is 2.32. The predicted molar refractivity (Wildman–Crippen MR) is 68.6 cm³/mol. The molecule has 0 bridgehead atoms. The Morgan fingerprint density at radius 2 is 2.06 bits per heavy atom. The molecule has 1 aliphatic heterocycles. The van der Waals surface area contributed by atoms with Gasteiger partial charge in [0, 0.05) is 6.54 Å². The number of nitrogens with zero attached hydrogens (tertiary/aromatic N) is 1. The van der Waals surface area contributed by atoms with E-state index in [2.05, 4.69) is 55.5 Å². The van der Waals surface area contributed by atoms with E-state index >= 15 is 0 Å². The Morgan fingerprint density at radius 3 is 2.69 bits per heavy atom. The predicted octanol–water partition coefficient (Wildman–Crippen LogP) is 2.14. The topological polar surface area (TPSA) is 15.3 Å². The van der Waals surface area contributed by atoms with Crippen LogP contribution in [0, 0.1) is 6.92 Å². The molecule has 0 aliphatic carbocycles. The Labute approximate surface area is 98.7 Å². The molecule has 1 heterocycles. The summed E-state index contributed by atoms with van der Waals surface area (Å²) in [7, 11) is 4.30. The number of rotatable bonds is 2. The molecule has 0 radical (unpaired) electrons. The molecule has 1 atom stereocenters. The quantitative estimate of drug-likeness (QED) is 0.818. The fourth-order valence-electron chi connectivity index (χ4n) is 2.94. The van der Waals surface area contributed by atoms with Crippen LogP contribution in [0.25, 0.3) is 0 Å². The first-order valence-electron chi connectivity index (χ1n) is 6.11. The summed E-state index contributed by atoms with van der Waals surface area (Å²) in [5.41, 5.74) is 3.01. The van der Waals surface area contributed by atoms with Gasteiger partial charge in [-0.15, -0.1) is 0 Å². The molecule has 0 saturated carbocycles. The standard InChI is InChI=1S/C14H22N2/c1-12-7-4-5-8-13(12)14(15-2)9-6-10-16(3)11-14/h4-5,7-8,15H,6,9-11H2,1-3H3. The lowest BCUT2D eigenvalue weighted by atomic mass is 9.80. The van der Waals surface area contributed by atoms with E-state index in [1.807, 2.05) is 0 Å². The first kappa shape index (κ1) is 11.6. The van der Waals surface area contributed by atoms with Gasteiger partial charge in [0.15, 0.2) is 0 Å². The van der Waals surface area contributed by atoms with Crippen LogP contribution in [0.2, 0.25) is 0 Å². The van der Waals surface area contributed by atoms with Gasteiger partial charge in [0.25, 0.3) is 0 Å². The average Bonchev–Trinajstić information content (AvgIpc) is 2.29. The van der Waals surface area contributed by atoms with E-state index in [1.54, 1.807) is 0 Å². The third-order valence-electron chi connectivity index (χ3n) is 3.82. The van der Waals surface area contributed by atoms with Gasteiger partial charge in [-0.3, -0.25) is 0 Å². The van der Waals surface area contributed by atoms with E-state index in [-0.39, 0.29) is 5.54 Å². The van der Waals surface area contributed by atoms with Gasteiger partial charge in [0.2, 0.25) is 0 Å². The van der Waals surface area contributed by atoms with Crippen LogP contribution < -0.4 is 5.32 Å². The summed E-state index contributed by atoms with van der Waals surface area (Å²) < 4.78 is 0. The fourth-order valence-corrected chi connectivity index (χ4v) is 2.94. The Hall–Kier alpha value is -0.860. The number of likely N-dealkylation sites (tertiary alicyclic amines) is 1. The van der Waals surface area contributed by atoms with E-state index in [1.165, 1.54) is 30.5 Å². The molecule has 1 aromatic rings. The van der Waals surface area contributed by atoms with Crippen LogP contribution in [0.4, 0.5) is 0 Å². The zero-order valence-corrected chi connectivity index (χ0v) is 10.6. The number of aryl methyl sites for hydroxylation is 1. The van der Waals surface area contributed by atoms with Crippen LogP contribution >= 0.6 is 0 Å². The highest BCUT2D eigenvalue weighted by Gasteiger charge is 2.35. The molecule has 1 fully saturated rings. The van der Waals surface area contributed by atoms with E-state index < -0.39 is 0 Å². The van der Waals surface area contributed by atoms with Crippen LogP contribution in [0.5, 0.6) is 0 Å². The number of piperidine rings is 1. The average molecular weight is 218 g/mol. The van der Waals surface area contributed by atoms with Crippen LogP contribution in [0.15, 0.2) is 24.3 Å². The fraction of sp³-hybridized carbons (Fsp3) is 0.571. The van der Waals surface area contributed by atoms with Crippen LogP contribution in [-0.2, 0) is 5.54 Å². The molecule has 2 rings (SSSR count). The summed E-state index contributed by atoms with van der Waals surface area (Å²) in [5, 5.41) is 3.56. The lowest BCUT2D eigenvalue weighted by Crippen LogP contribution is -2.52. The van der Waals surface area contributed by atoms with Crippen LogP contribution in [0.1, 0.15) is 24.0 Å². The normalized spacial score (nSPS) is 26.9. The maximum absolute atomic E-state index is 3.56. The molecule has 0 aromatic heterocycles. The molecule has 0 amide bonds. The number of likely N-dealkylation sites (N-methyl/N-ethyl adjacent to an activating group) is 2. The second-order valence-corrected chi connectivity index (χ2v) is 4.99. The van der Waals surface area contributed by atoms with Gasteiger partial charge in [-0.2, -0.15) is 0 Å². The number of benzene rings is 1. The molecule has 2 nitrogen and oxygen atoms in total. The van der Waals surface area contributed by atoms with Crippen molar-refractivity contribution in [3.63, 3.8) is 0 Å². The molecule has 16 heavy (non-hydrogen) atoms. The number of nitrogens with one attached hydrogen (secondary N) is 1. The molecule has 1 N–H and O–H groups in total. The van der Waals surface area contributed by atoms with E-state index in [9.17, 15) is 0 Å². The molecular weight excluding hydrogens is 196 g/mol. The second-order valence-electron chi connectivity index (χ2n) is 4.99. The highest BCUT2D eigenvalue weighted by atomic mass is 15.2. The first-order chi connectivity index (χ1) is 7.68. The van der Waals surface area contributed by atoms with Crippen molar-refractivity contribution in [3.8, 4) is 0 Å². The zero-order chi connectivity index (χ0) is 11.6. The summed E-state index contributed by atoms with van der Waals surface area (Å²) in [5.74, 6) is 0. The molecule has 1 saturated heterocycles. The van der Waals surface area contributed by atoms with Gasteiger partial charge in [0.05, 0.1) is 5.54 Å². The second kappa shape index (κ2) is 4.56. The lowest BCUT2D eigenvalue weighted by Gasteiger charge is -2.42. The molecule has 0 spiro atoms. The molecule has 1 unspecified atom stereocenters. The summed E-state index contributed by atoms with van der Waals surface area (Å²) in [6.07, 6.45) is 2.50. The number of hydrogen-bond acceptors (Lipinski definition) is 2. The highest BCUT2D eigenvalue weighted by molar-refractivity contribution is 5.33. The molecular formula is C14H22N2. The third kappa shape index (κ3) is 2.00. The minimum absolute atomic E-state index is 0.151. The van der Waals surface area contributed by atoms with Gasteiger partial charge in [0.1, 0.15) is 0 Å². The SMILES string of the molecule is CNC1(c2ccccc2C)CCCN(C)C1. The molecule has 2 heteroatoms. The number of hydrogen-bond donors (Lipinski definition) is 1. The van der Waals surface area contributed by atoms with E-state index in [0.717, 1.165) is 6.54 Å². The lowest BCUT2D eigenvalue weighted by molar-refractivity contribution is 0.151. The van der Waals surface area contributed by atoms with E-state index in [4.69, 9.17) is 0 Å². The summed E-state index contributed by atoms with van der Waals surface area (Å²) in [4.78, 5) is 2.42. The van der Waals surface area contributed by atoms with Gasteiger partial charge < -0.3 is 10.2 Å². The molecule has 1 aliphatic rings. The summed E-state index contributed by atoms with van der Waals surface area (Å²) >= 11 is 0. The van der Waals surface area contributed by atoms with Gasteiger partial charge in [-0.25, -0.2) is 0 Å². The van der Waals surface area contributed by atoms with Crippen LogP contribution in [-0.4, -0.2) is 32.1 Å². The third-order valence-corrected chi connectivity index (χ3v) is 3.82. The Kier molecular flexibility index (Phi) is 3.31. The maximum Gasteiger partial charge on any atom is 0.0564 e. The largest absolute Gasteiger partial charge is 0.309 e. The van der Waals surface area contributed by atoms with Crippen molar-refractivity contribution in [2.75, 3.05) is 27.2 Å². The monoisotopic (exact) mass is 218 g/mol. The Bertz CT molecular complexity index is 362. The summed E-state index contributed by atoms with van der Waals surface area (Å²) in [6.45, 7) is 4.53. The Morgan fingerprint density at radius 1 is 1.31 bits per heavy atom. The minimum atomic E-state index is 0.151. The van der Waals surface area contributed by atoms with E-state index in [0.29, 0.717) is 0 Å². The Balaban J connectivity index is 2.37. The van der Waals surface area contributed by atoms with Crippen molar-refractivity contribution >= 4 is 0 Å². The van der Waals surface area contributed by atoms with Gasteiger partial charge in [-0.05, 0) is 51.5 Å². The molecule has 88 valence electrons.